The van der Waals surface area contributed by atoms with Crippen molar-refractivity contribution in [2.75, 3.05) is 19.6 Å². The van der Waals surface area contributed by atoms with Crippen LogP contribution in [0.3, 0.4) is 0 Å². The summed E-state index contributed by atoms with van der Waals surface area (Å²) in [5, 5.41) is 0. The average molecular weight is 223 g/mol. The number of alkyl halides is 3. The Labute approximate surface area is 87.4 Å². The standard InChI is InChI=1S/C10H16F3NO/c1-8(15)4-6-14-5-2-3-9(7-14)10(11,12)13/h9H,2-7H2,1H3. The second kappa shape index (κ2) is 4.96. The van der Waals surface area contributed by atoms with E-state index in [1.807, 2.05) is 0 Å². The van der Waals surface area contributed by atoms with Crippen molar-refractivity contribution in [2.24, 2.45) is 5.92 Å². The molecule has 1 heterocycles. The Morgan fingerprint density at radius 2 is 2.13 bits per heavy atom. The molecule has 1 aliphatic rings. The molecule has 0 radical (unpaired) electrons. The highest BCUT2D eigenvalue weighted by atomic mass is 19.4. The van der Waals surface area contributed by atoms with Crippen LogP contribution in [0.1, 0.15) is 26.2 Å². The van der Waals surface area contributed by atoms with Gasteiger partial charge in [-0.05, 0) is 26.3 Å². The van der Waals surface area contributed by atoms with E-state index in [2.05, 4.69) is 0 Å². The molecule has 0 bridgehead atoms. The Balaban J connectivity index is 2.39. The Hall–Kier alpha value is -0.580. The SMILES string of the molecule is CC(=O)CCN1CCCC(C(F)(F)F)C1. The minimum atomic E-state index is -4.09. The van der Waals surface area contributed by atoms with Crippen LogP contribution in [0.25, 0.3) is 0 Å². The summed E-state index contributed by atoms with van der Waals surface area (Å²) < 4.78 is 37.3. The third kappa shape index (κ3) is 4.20. The number of Topliss-reactive ketones (excluding diaryl/α,β-unsaturated/α-hetero) is 1. The third-order valence-electron chi connectivity index (χ3n) is 2.75. The van der Waals surface area contributed by atoms with Crippen molar-refractivity contribution >= 4 is 5.78 Å². The van der Waals surface area contributed by atoms with Crippen LogP contribution >= 0.6 is 0 Å². The molecule has 0 aromatic rings. The quantitative estimate of drug-likeness (QED) is 0.731. The van der Waals surface area contributed by atoms with E-state index in [4.69, 9.17) is 0 Å². The number of ketones is 1. The van der Waals surface area contributed by atoms with E-state index < -0.39 is 12.1 Å². The Bertz CT molecular complexity index is 227. The van der Waals surface area contributed by atoms with Crippen molar-refractivity contribution in [3.63, 3.8) is 0 Å². The van der Waals surface area contributed by atoms with E-state index >= 15 is 0 Å². The minimum absolute atomic E-state index is 0.0316. The highest BCUT2D eigenvalue weighted by Gasteiger charge is 2.41. The summed E-state index contributed by atoms with van der Waals surface area (Å²) in [4.78, 5) is 12.5. The van der Waals surface area contributed by atoms with E-state index in [1.54, 1.807) is 4.90 Å². The molecule has 0 aromatic carbocycles. The summed E-state index contributed by atoms with van der Waals surface area (Å²) in [5.41, 5.74) is 0. The largest absolute Gasteiger partial charge is 0.393 e. The molecule has 0 amide bonds. The zero-order valence-corrected chi connectivity index (χ0v) is 8.81. The molecule has 0 aliphatic carbocycles. The lowest BCUT2D eigenvalue weighted by atomic mass is 9.97. The maximum atomic E-state index is 12.4. The maximum absolute atomic E-state index is 12.4. The van der Waals surface area contributed by atoms with Crippen LogP contribution in [-0.2, 0) is 4.79 Å². The van der Waals surface area contributed by atoms with Gasteiger partial charge in [-0.2, -0.15) is 13.2 Å². The number of hydrogen-bond donors (Lipinski definition) is 0. The molecule has 0 spiro atoms. The summed E-state index contributed by atoms with van der Waals surface area (Å²) in [6, 6.07) is 0. The van der Waals surface area contributed by atoms with Gasteiger partial charge in [0.25, 0.3) is 0 Å². The summed E-state index contributed by atoms with van der Waals surface area (Å²) in [7, 11) is 0. The van der Waals surface area contributed by atoms with Crippen LogP contribution in [0.4, 0.5) is 13.2 Å². The molecule has 1 aliphatic heterocycles. The fraction of sp³-hybridized carbons (Fsp3) is 0.900. The number of rotatable bonds is 3. The molecular formula is C10H16F3NO. The maximum Gasteiger partial charge on any atom is 0.393 e. The number of carbonyl (C=O) groups excluding carboxylic acids is 1. The van der Waals surface area contributed by atoms with Gasteiger partial charge in [0.05, 0.1) is 5.92 Å². The lowest BCUT2D eigenvalue weighted by Crippen LogP contribution is -2.42. The Morgan fingerprint density at radius 1 is 1.47 bits per heavy atom. The van der Waals surface area contributed by atoms with Gasteiger partial charge in [0, 0.05) is 19.5 Å². The van der Waals surface area contributed by atoms with Gasteiger partial charge in [0.2, 0.25) is 0 Å². The molecule has 0 aromatic heterocycles. The second-order valence-corrected chi connectivity index (χ2v) is 4.13. The number of carbonyl (C=O) groups is 1. The predicted molar refractivity (Wildman–Crippen MR) is 50.5 cm³/mol. The average Bonchev–Trinajstić information content (AvgIpc) is 2.14. The van der Waals surface area contributed by atoms with E-state index in [1.165, 1.54) is 6.92 Å². The van der Waals surface area contributed by atoms with Crippen LogP contribution in [-0.4, -0.2) is 36.5 Å². The summed E-state index contributed by atoms with van der Waals surface area (Å²) in [6.07, 6.45) is -2.94. The molecule has 2 nitrogen and oxygen atoms in total. The molecule has 0 saturated carbocycles. The number of nitrogens with zero attached hydrogens (tertiary/aromatic N) is 1. The first-order chi connectivity index (χ1) is 6.89. The number of piperidine rings is 1. The third-order valence-corrected chi connectivity index (χ3v) is 2.75. The fourth-order valence-electron chi connectivity index (χ4n) is 1.84. The van der Waals surface area contributed by atoms with E-state index in [-0.39, 0.29) is 18.7 Å². The summed E-state index contributed by atoms with van der Waals surface area (Å²) >= 11 is 0. The van der Waals surface area contributed by atoms with Gasteiger partial charge in [-0.1, -0.05) is 0 Å². The van der Waals surface area contributed by atoms with Gasteiger partial charge in [-0.3, -0.25) is 4.79 Å². The van der Waals surface area contributed by atoms with Gasteiger partial charge < -0.3 is 4.90 Å². The zero-order chi connectivity index (χ0) is 11.5. The number of likely N-dealkylation sites (tertiary alicyclic amines) is 1. The molecule has 1 unspecified atom stereocenters. The first kappa shape index (κ1) is 12.5. The van der Waals surface area contributed by atoms with Crippen LogP contribution in [0.5, 0.6) is 0 Å². The van der Waals surface area contributed by atoms with Gasteiger partial charge in [-0.15, -0.1) is 0 Å². The first-order valence-corrected chi connectivity index (χ1v) is 5.18. The van der Waals surface area contributed by atoms with Crippen molar-refractivity contribution < 1.29 is 18.0 Å². The first-order valence-electron chi connectivity index (χ1n) is 5.18. The summed E-state index contributed by atoms with van der Waals surface area (Å²) in [5.74, 6) is -1.18. The van der Waals surface area contributed by atoms with Crippen LogP contribution in [0.15, 0.2) is 0 Å². The summed E-state index contributed by atoms with van der Waals surface area (Å²) in [6.45, 7) is 2.66. The lowest BCUT2D eigenvalue weighted by Gasteiger charge is -2.33. The van der Waals surface area contributed by atoms with Gasteiger partial charge in [0.1, 0.15) is 5.78 Å². The Morgan fingerprint density at radius 3 is 2.67 bits per heavy atom. The molecule has 1 rings (SSSR count). The van der Waals surface area contributed by atoms with Crippen molar-refractivity contribution in [3.8, 4) is 0 Å². The highest BCUT2D eigenvalue weighted by Crippen LogP contribution is 2.32. The van der Waals surface area contributed by atoms with Crippen molar-refractivity contribution in [3.05, 3.63) is 0 Å². The highest BCUT2D eigenvalue weighted by molar-refractivity contribution is 5.75. The number of halogens is 3. The fourth-order valence-corrected chi connectivity index (χ4v) is 1.84. The van der Waals surface area contributed by atoms with Crippen LogP contribution < -0.4 is 0 Å². The molecular weight excluding hydrogens is 207 g/mol. The zero-order valence-electron chi connectivity index (χ0n) is 8.81. The van der Waals surface area contributed by atoms with Crippen LogP contribution in [0, 0.1) is 5.92 Å². The smallest absolute Gasteiger partial charge is 0.302 e. The van der Waals surface area contributed by atoms with Crippen molar-refractivity contribution in [1.29, 1.82) is 0 Å². The molecule has 1 fully saturated rings. The molecule has 1 saturated heterocycles. The molecule has 1 atom stereocenters. The normalized spacial score (nSPS) is 24.1. The van der Waals surface area contributed by atoms with Gasteiger partial charge >= 0.3 is 6.18 Å². The minimum Gasteiger partial charge on any atom is -0.302 e. The molecule has 88 valence electrons. The molecule has 15 heavy (non-hydrogen) atoms. The van der Waals surface area contributed by atoms with E-state index in [9.17, 15) is 18.0 Å². The van der Waals surface area contributed by atoms with E-state index in [0.29, 0.717) is 25.9 Å². The Kier molecular flexibility index (Phi) is 4.13. The number of hydrogen-bond acceptors (Lipinski definition) is 2. The monoisotopic (exact) mass is 223 g/mol. The van der Waals surface area contributed by atoms with Crippen molar-refractivity contribution in [1.82, 2.24) is 4.90 Å². The predicted octanol–water partition coefficient (Wildman–Crippen LogP) is 2.24. The lowest BCUT2D eigenvalue weighted by molar-refractivity contribution is -0.186. The van der Waals surface area contributed by atoms with Crippen LogP contribution in [0.2, 0.25) is 0 Å². The van der Waals surface area contributed by atoms with Gasteiger partial charge in [0.15, 0.2) is 0 Å². The van der Waals surface area contributed by atoms with Crippen molar-refractivity contribution in [2.45, 2.75) is 32.4 Å². The van der Waals surface area contributed by atoms with E-state index in [0.717, 1.165) is 0 Å². The topological polar surface area (TPSA) is 20.3 Å². The molecule has 0 N–H and O–H groups in total. The molecule has 5 heteroatoms. The second-order valence-electron chi connectivity index (χ2n) is 4.13. The van der Waals surface area contributed by atoms with Gasteiger partial charge in [-0.25, -0.2) is 0 Å².